The number of nitrogens with zero attached hydrogens (tertiary/aromatic N) is 4. The van der Waals surface area contributed by atoms with E-state index in [1.807, 2.05) is 26.2 Å². The van der Waals surface area contributed by atoms with Gasteiger partial charge in [-0.1, -0.05) is 48.5 Å². The lowest BCUT2D eigenvalue weighted by Gasteiger charge is -2.42. The molecule has 6 nitrogen and oxygen atoms in total. The molecule has 1 saturated carbocycles. The lowest BCUT2D eigenvalue weighted by Crippen LogP contribution is -2.46. The number of amides is 1. The highest BCUT2D eigenvalue weighted by molar-refractivity contribution is 7.98. The van der Waals surface area contributed by atoms with Crippen LogP contribution in [0.15, 0.2) is 35.5 Å². The Kier molecular flexibility index (Phi) is 5.10. The minimum atomic E-state index is 0.0276. The fourth-order valence-corrected chi connectivity index (χ4v) is 4.32. The van der Waals surface area contributed by atoms with E-state index in [-0.39, 0.29) is 11.3 Å². The van der Waals surface area contributed by atoms with Crippen LogP contribution in [-0.4, -0.2) is 38.3 Å². The molecule has 1 amide bonds. The maximum Gasteiger partial charge on any atom is 0.253 e. The van der Waals surface area contributed by atoms with Gasteiger partial charge in [-0.05, 0) is 38.5 Å². The van der Waals surface area contributed by atoms with Gasteiger partial charge in [-0.3, -0.25) is 4.79 Å². The predicted octanol–water partition coefficient (Wildman–Crippen LogP) is 3.24. The number of rotatable bonds is 6. The Labute approximate surface area is 169 Å². The lowest BCUT2D eigenvalue weighted by molar-refractivity contribution is -0.120. The average Bonchev–Trinajstić information content (AvgIpc) is 3.08. The molecule has 0 unspecified atom stereocenters. The molecule has 0 saturated heterocycles. The summed E-state index contributed by atoms with van der Waals surface area (Å²) in [4.78, 5) is 21.7. The smallest absolute Gasteiger partial charge is 0.253 e. The van der Waals surface area contributed by atoms with Gasteiger partial charge in [0.05, 0.1) is 6.42 Å². The summed E-state index contributed by atoms with van der Waals surface area (Å²) in [5, 5.41) is 8.32. The number of carbonyl (C=O) groups is 1. The van der Waals surface area contributed by atoms with E-state index in [2.05, 4.69) is 44.6 Å². The fraction of sp³-hybridized carbons (Fsp3) is 0.429. The summed E-state index contributed by atoms with van der Waals surface area (Å²) in [5.41, 5.74) is 4.09. The third kappa shape index (κ3) is 3.39. The molecule has 0 radical (unpaired) electrons. The van der Waals surface area contributed by atoms with Crippen LogP contribution in [0.1, 0.15) is 41.8 Å². The third-order valence-corrected chi connectivity index (χ3v) is 6.41. The monoisotopic (exact) mass is 395 g/mol. The van der Waals surface area contributed by atoms with Crippen molar-refractivity contribution in [3.8, 4) is 0 Å². The largest absolute Gasteiger partial charge is 0.355 e. The Balaban J connectivity index is 1.49. The highest BCUT2D eigenvalue weighted by Gasteiger charge is 2.38. The van der Waals surface area contributed by atoms with Gasteiger partial charge < -0.3 is 5.32 Å². The van der Waals surface area contributed by atoms with Gasteiger partial charge in [0.2, 0.25) is 11.1 Å². The summed E-state index contributed by atoms with van der Waals surface area (Å²) in [6, 6.07) is 10.5. The number of nitrogens with one attached hydrogen (secondary N) is 1. The van der Waals surface area contributed by atoms with E-state index in [0.29, 0.717) is 23.9 Å². The topological polar surface area (TPSA) is 72.2 Å². The Hall–Kier alpha value is -2.41. The molecule has 1 fully saturated rings. The first-order chi connectivity index (χ1) is 13.5. The van der Waals surface area contributed by atoms with Gasteiger partial charge in [-0.15, -0.1) is 5.10 Å². The summed E-state index contributed by atoms with van der Waals surface area (Å²) < 4.78 is 1.73. The molecule has 146 valence electrons. The van der Waals surface area contributed by atoms with E-state index in [4.69, 9.17) is 0 Å². The summed E-state index contributed by atoms with van der Waals surface area (Å²) in [7, 11) is 0. The zero-order valence-corrected chi connectivity index (χ0v) is 17.3. The standard InChI is InChI=1S/C21H25N5OS/c1-14-17(15(2)26-19(23-14)24-20(25-26)28-3)12-18(27)22-13-21(10-7-11-21)16-8-5-4-6-9-16/h4-6,8-9H,7,10-13H2,1-3H3,(H,22,27). The minimum Gasteiger partial charge on any atom is -0.355 e. The fourth-order valence-electron chi connectivity index (χ4n) is 3.99. The third-order valence-electron chi connectivity index (χ3n) is 5.87. The molecule has 1 aromatic carbocycles. The quantitative estimate of drug-likeness (QED) is 0.649. The number of hydrogen-bond donors (Lipinski definition) is 1. The van der Waals surface area contributed by atoms with Gasteiger partial charge in [-0.2, -0.15) is 4.98 Å². The SMILES string of the molecule is CSc1nc2nc(C)c(CC(=O)NCC3(c4ccccc4)CCC3)c(C)n2n1. The van der Waals surface area contributed by atoms with E-state index in [1.165, 1.54) is 23.7 Å². The number of hydrogen-bond acceptors (Lipinski definition) is 5. The van der Waals surface area contributed by atoms with Gasteiger partial charge >= 0.3 is 0 Å². The molecule has 7 heteroatoms. The highest BCUT2D eigenvalue weighted by atomic mass is 32.2. The van der Waals surface area contributed by atoms with E-state index in [0.717, 1.165) is 29.8 Å². The molecule has 2 heterocycles. The van der Waals surface area contributed by atoms with Crippen molar-refractivity contribution in [2.75, 3.05) is 12.8 Å². The number of benzene rings is 1. The second kappa shape index (κ2) is 7.54. The Morgan fingerprint density at radius 2 is 1.96 bits per heavy atom. The van der Waals surface area contributed by atoms with E-state index < -0.39 is 0 Å². The van der Waals surface area contributed by atoms with Crippen LogP contribution >= 0.6 is 11.8 Å². The molecule has 0 aliphatic heterocycles. The summed E-state index contributed by atoms with van der Waals surface area (Å²) in [6.07, 6.45) is 5.71. The van der Waals surface area contributed by atoms with Crippen LogP contribution < -0.4 is 5.32 Å². The van der Waals surface area contributed by atoms with Gasteiger partial charge in [0.25, 0.3) is 5.78 Å². The van der Waals surface area contributed by atoms with E-state index in [1.54, 1.807) is 4.52 Å². The molecule has 3 aromatic rings. The van der Waals surface area contributed by atoms with Crippen molar-refractivity contribution in [1.82, 2.24) is 24.9 Å². The maximum absolute atomic E-state index is 12.7. The number of fused-ring (bicyclic) bond motifs is 1. The number of aryl methyl sites for hydroxylation is 2. The maximum atomic E-state index is 12.7. The van der Waals surface area contributed by atoms with E-state index >= 15 is 0 Å². The molecule has 1 aliphatic carbocycles. The van der Waals surface area contributed by atoms with Crippen LogP contribution in [0.3, 0.4) is 0 Å². The van der Waals surface area contributed by atoms with Gasteiger partial charge in [0.15, 0.2) is 0 Å². The highest BCUT2D eigenvalue weighted by Crippen LogP contribution is 2.43. The van der Waals surface area contributed by atoms with Crippen molar-refractivity contribution < 1.29 is 4.79 Å². The predicted molar refractivity (Wildman–Crippen MR) is 111 cm³/mol. The van der Waals surface area contributed by atoms with Crippen molar-refractivity contribution in [1.29, 1.82) is 0 Å². The Morgan fingerprint density at radius 1 is 1.21 bits per heavy atom. The first kappa shape index (κ1) is 18.9. The molecular weight excluding hydrogens is 370 g/mol. The van der Waals surface area contributed by atoms with Gasteiger partial charge in [-0.25, -0.2) is 9.50 Å². The lowest BCUT2D eigenvalue weighted by atomic mass is 9.64. The normalized spacial score (nSPS) is 15.4. The van der Waals surface area contributed by atoms with E-state index in [9.17, 15) is 4.79 Å². The summed E-state index contributed by atoms with van der Waals surface area (Å²) in [5.74, 6) is 0.612. The van der Waals surface area contributed by atoms with Crippen LogP contribution in [0.2, 0.25) is 0 Å². The molecule has 1 aliphatic rings. The zero-order valence-electron chi connectivity index (χ0n) is 16.5. The molecule has 4 rings (SSSR count). The summed E-state index contributed by atoms with van der Waals surface area (Å²) in [6.45, 7) is 4.59. The Morgan fingerprint density at radius 3 is 2.61 bits per heavy atom. The molecule has 0 spiro atoms. The molecule has 1 N–H and O–H groups in total. The van der Waals surface area contributed by atoms with Gasteiger partial charge in [0.1, 0.15) is 0 Å². The number of thioether (sulfide) groups is 1. The van der Waals surface area contributed by atoms with Crippen LogP contribution in [0.5, 0.6) is 0 Å². The van der Waals surface area contributed by atoms with Crippen LogP contribution in [0, 0.1) is 13.8 Å². The number of aromatic nitrogens is 4. The second-order valence-corrected chi connectivity index (χ2v) is 8.30. The second-order valence-electron chi connectivity index (χ2n) is 7.52. The minimum absolute atomic E-state index is 0.0276. The summed E-state index contributed by atoms with van der Waals surface area (Å²) >= 11 is 1.48. The first-order valence-corrected chi connectivity index (χ1v) is 10.8. The number of carbonyl (C=O) groups excluding carboxylic acids is 1. The van der Waals surface area contributed by atoms with Crippen LogP contribution in [0.4, 0.5) is 0 Å². The molecule has 28 heavy (non-hydrogen) atoms. The zero-order chi connectivity index (χ0) is 19.7. The van der Waals surface area contributed by atoms with Crippen molar-refractivity contribution in [3.63, 3.8) is 0 Å². The molecule has 0 atom stereocenters. The van der Waals surface area contributed by atoms with Crippen LogP contribution in [0.25, 0.3) is 5.78 Å². The van der Waals surface area contributed by atoms with Crippen LogP contribution in [-0.2, 0) is 16.6 Å². The van der Waals surface area contributed by atoms with Crippen molar-refractivity contribution in [3.05, 3.63) is 52.8 Å². The van der Waals surface area contributed by atoms with Crippen molar-refractivity contribution in [2.45, 2.75) is 50.1 Å². The van der Waals surface area contributed by atoms with Crippen molar-refractivity contribution in [2.24, 2.45) is 0 Å². The van der Waals surface area contributed by atoms with Crippen molar-refractivity contribution >= 4 is 23.4 Å². The molecular formula is C21H25N5OS. The average molecular weight is 396 g/mol. The first-order valence-electron chi connectivity index (χ1n) is 9.61. The molecule has 0 bridgehead atoms. The Bertz CT molecular complexity index is 1010. The van der Waals surface area contributed by atoms with Gasteiger partial charge in [0, 0.05) is 28.9 Å². The molecule has 2 aromatic heterocycles.